The van der Waals surface area contributed by atoms with Crippen molar-refractivity contribution in [1.82, 2.24) is 19.9 Å². The molecule has 8 heteroatoms. The molecule has 7 nitrogen and oxygen atoms in total. The van der Waals surface area contributed by atoms with Crippen molar-refractivity contribution in [3.05, 3.63) is 36.3 Å². The molecule has 0 radical (unpaired) electrons. The van der Waals surface area contributed by atoms with Crippen molar-refractivity contribution in [3.8, 4) is 0 Å². The molecule has 3 rings (SSSR count). The average Bonchev–Trinajstić information content (AvgIpc) is 2.64. The monoisotopic (exact) mass is 348 g/mol. The van der Waals surface area contributed by atoms with E-state index in [2.05, 4.69) is 24.8 Å². The number of anilines is 2. The topological polar surface area (TPSA) is 67.3 Å². The molecule has 25 heavy (non-hydrogen) atoms. The van der Waals surface area contributed by atoms with Crippen LogP contribution in [0.4, 0.5) is 16.2 Å². The summed E-state index contributed by atoms with van der Waals surface area (Å²) in [6, 6.07) is 1.38. The van der Waals surface area contributed by atoms with Gasteiger partial charge in [-0.05, 0) is 12.5 Å². The largest absolute Gasteiger partial charge is 0.382 e. The van der Waals surface area contributed by atoms with E-state index in [1.54, 1.807) is 19.5 Å². The first-order valence-corrected chi connectivity index (χ1v) is 8.44. The summed E-state index contributed by atoms with van der Waals surface area (Å²) < 4.78 is 18.7. The molecule has 136 valence electrons. The Morgan fingerprint density at radius 3 is 2.52 bits per heavy atom. The Bertz CT molecular complexity index is 654. The van der Waals surface area contributed by atoms with Crippen LogP contribution in [-0.4, -0.2) is 59.3 Å². The van der Waals surface area contributed by atoms with Crippen molar-refractivity contribution in [1.29, 1.82) is 0 Å². The van der Waals surface area contributed by atoms with Crippen LogP contribution in [0.2, 0.25) is 0 Å². The summed E-state index contributed by atoms with van der Waals surface area (Å²) in [5.41, 5.74) is 1.03. The van der Waals surface area contributed by atoms with Crippen LogP contribution in [0, 0.1) is 12.9 Å². The molecular formula is C17H25FN6O. The minimum Gasteiger partial charge on any atom is -0.382 e. The molecule has 0 N–H and O–H groups in total. The standard InChI is InChI=1S/C15H19FN6O.C2H6/c1-11-6-17-15(18-7-11)21-3-4-22(12(8-21)9-23-2)14-5-13(16)19-10-20-14;1-2/h5-7,10,12H,3-4,8-9H2,1-2H3;1-2H3. The molecule has 0 spiro atoms. The zero-order chi connectivity index (χ0) is 18.2. The van der Waals surface area contributed by atoms with Crippen molar-refractivity contribution in [2.24, 2.45) is 0 Å². The first-order valence-electron chi connectivity index (χ1n) is 8.44. The Hall–Kier alpha value is -2.35. The van der Waals surface area contributed by atoms with Crippen molar-refractivity contribution in [3.63, 3.8) is 0 Å². The van der Waals surface area contributed by atoms with E-state index in [9.17, 15) is 4.39 Å². The lowest BCUT2D eigenvalue weighted by Gasteiger charge is -2.41. The Morgan fingerprint density at radius 1 is 1.16 bits per heavy atom. The zero-order valence-corrected chi connectivity index (χ0v) is 15.2. The van der Waals surface area contributed by atoms with Gasteiger partial charge in [-0.15, -0.1) is 0 Å². The van der Waals surface area contributed by atoms with E-state index in [0.29, 0.717) is 31.5 Å². The zero-order valence-electron chi connectivity index (χ0n) is 15.2. The summed E-state index contributed by atoms with van der Waals surface area (Å²) in [6.07, 6.45) is 4.85. The second kappa shape index (κ2) is 9.22. The molecule has 1 atom stereocenters. The summed E-state index contributed by atoms with van der Waals surface area (Å²) in [5.74, 6) is 0.740. The van der Waals surface area contributed by atoms with E-state index < -0.39 is 5.95 Å². The van der Waals surface area contributed by atoms with Gasteiger partial charge in [0.25, 0.3) is 0 Å². The Labute approximate surface area is 147 Å². The van der Waals surface area contributed by atoms with E-state index in [1.807, 2.05) is 25.7 Å². The number of aryl methyl sites for hydroxylation is 1. The van der Waals surface area contributed by atoms with Gasteiger partial charge in [0.1, 0.15) is 12.1 Å². The van der Waals surface area contributed by atoms with Crippen LogP contribution in [-0.2, 0) is 4.74 Å². The van der Waals surface area contributed by atoms with Crippen molar-refractivity contribution in [2.75, 3.05) is 43.2 Å². The van der Waals surface area contributed by atoms with E-state index in [1.165, 1.54) is 12.4 Å². The van der Waals surface area contributed by atoms with Crippen LogP contribution < -0.4 is 9.80 Å². The van der Waals surface area contributed by atoms with E-state index in [-0.39, 0.29) is 6.04 Å². The van der Waals surface area contributed by atoms with E-state index in [0.717, 1.165) is 12.1 Å². The summed E-state index contributed by atoms with van der Waals surface area (Å²) in [5, 5.41) is 0. The SMILES string of the molecule is CC.COCC1CN(c2ncc(C)cn2)CCN1c1cc(F)ncn1. The highest BCUT2D eigenvalue weighted by molar-refractivity contribution is 5.43. The van der Waals surface area contributed by atoms with Crippen LogP contribution in [0.5, 0.6) is 0 Å². The van der Waals surface area contributed by atoms with Crippen LogP contribution in [0.15, 0.2) is 24.8 Å². The first kappa shape index (κ1) is 19.0. The third-order valence-corrected chi connectivity index (χ3v) is 3.81. The molecule has 1 fully saturated rings. The number of aromatic nitrogens is 4. The Morgan fingerprint density at radius 2 is 1.88 bits per heavy atom. The van der Waals surface area contributed by atoms with Crippen molar-refractivity contribution in [2.45, 2.75) is 26.8 Å². The third kappa shape index (κ3) is 4.82. The van der Waals surface area contributed by atoms with Gasteiger partial charge in [0.15, 0.2) is 0 Å². The number of ether oxygens (including phenoxy) is 1. The Kier molecular flexibility index (Phi) is 7.00. The molecule has 2 aromatic heterocycles. The smallest absolute Gasteiger partial charge is 0.225 e. The lowest BCUT2D eigenvalue weighted by molar-refractivity contribution is 0.173. The highest BCUT2D eigenvalue weighted by Crippen LogP contribution is 2.21. The van der Waals surface area contributed by atoms with Gasteiger partial charge >= 0.3 is 0 Å². The number of nitrogens with zero attached hydrogens (tertiary/aromatic N) is 6. The number of rotatable bonds is 4. The maximum absolute atomic E-state index is 13.4. The summed E-state index contributed by atoms with van der Waals surface area (Å²) in [6.45, 7) is 8.56. The molecule has 0 aliphatic carbocycles. The summed E-state index contributed by atoms with van der Waals surface area (Å²) >= 11 is 0. The lowest BCUT2D eigenvalue weighted by atomic mass is 10.2. The second-order valence-corrected chi connectivity index (χ2v) is 5.51. The minimum atomic E-state index is -0.532. The molecule has 0 bridgehead atoms. The summed E-state index contributed by atoms with van der Waals surface area (Å²) in [7, 11) is 1.65. The van der Waals surface area contributed by atoms with Gasteiger partial charge in [0, 0.05) is 45.2 Å². The van der Waals surface area contributed by atoms with Crippen molar-refractivity contribution < 1.29 is 9.13 Å². The highest BCUT2D eigenvalue weighted by Gasteiger charge is 2.29. The maximum Gasteiger partial charge on any atom is 0.225 e. The molecule has 1 aliphatic rings. The van der Waals surface area contributed by atoms with Crippen LogP contribution in [0.1, 0.15) is 19.4 Å². The predicted molar refractivity (Wildman–Crippen MR) is 95.3 cm³/mol. The minimum absolute atomic E-state index is 0.0351. The molecule has 0 aromatic carbocycles. The van der Waals surface area contributed by atoms with Gasteiger partial charge in [-0.2, -0.15) is 4.39 Å². The molecule has 1 aliphatic heterocycles. The maximum atomic E-state index is 13.4. The molecule has 1 saturated heterocycles. The summed E-state index contributed by atoms with van der Waals surface area (Å²) in [4.78, 5) is 20.6. The molecule has 0 saturated carbocycles. The van der Waals surface area contributed by atoms with Gasteiger partial charge < -0.3 is 14.5 Å². The molecule has 3 heterocycles. The number of piperazine rings is 1. The van der Waals surface area contributed by atoms with Gasteiger partial charge in [0.2, 0.25) is 11.9 Å². The molecule has 0 amide bonds. The quantitative estimate of drug-likeness (QED) is 0.784. The predicted octanol–water partition coefficient (Wildman–Crippen LogP) is 2.08. The number of halogens is 1. The highest BCUT2D eigenvalue weighted by atomic mass is 19.1. The van der Waals surface area contributed by atoms with Gasteiger partial charge in [-0.1, -0.05) is 13.8 Å². The van der Waals surface area contributed by atoms with Crippen LogP contribution >= 0.6 is 0 Å². The van der Waals surface area contributed by atoms with Gasteiger partial charge in [-0.25, -0.2) is 19.9 Å². The third-order valence-electron chi connectivity index (χ3n) is 3.81. The van der Waals surface area contributed by atoms with Crippen molar-refractivity contribution >= 4 is 11.8 Å². The molecule has 2 aromatic rings. The van der Waals surface area contributed by atoms with Gasteiger partial charge in [-0.3, -0.25) is 0 Å². The van der Waals surface area contributed by atoms with Crippen LogP contribution in [0.3, 0.4) is 0 Å². The van der Waals surface area contributed by atoms with E-state index in [4.69, 9.17) is 4.74 Å². The molecular weight excluding hydrogens is 323 g/mol. The molecule has 1 unspecified atom stereocenters. The fourth-order valence-electron chi connectivity index (χ4n) is 2.70. The van der Waals surface area contributed by atoms with Crippen LogP contribution in [0.25, 0.3) is 0 Å². The fraction of sp³-hybridized carbons (Fsp3) is 0.529. The number of hydrogen-bond acceptors (Lipinski definition) is 7. The first-order chi connectivity index (χ1) is 12.2. The number of methoxy groups -OCH3 is 1. The second-order valence-electron chi connectivity index (χ2n) is 5.51. The fourth-order valence-corrected chi connectivity index (χ4v) is 2.70. The average molecular weight is 348 g/mol. The normalized spacial score (nSPS) is 17.1. The lowest BCUT2D eigenvalue weighted by Crippen LogP contribution is -2.56. The van der Waals surface area contributed by atoms with Gasteiger partial charge in [0.05, 0.1) is 12.6 Å². The van der Waals surface area contributed by atoms with E-state index >= 15 is 0 Å². The Balaban J connectivity index is 0.00000109. The number of hydrogen-bond donors (Lipinski definition) is 0.